The molecule has 0 aliphatic heterocycles. The van der Waals surface area contributed by atoms with Crippen LogP contribution in [0, 0.1) is 0 Å². The number of hydrogen-bond donors (Lipinski definition) is 2. The Bertz CT molecular complexity index is 329. The van der Waals surface area contributed by atoms with E-state index in [0.717, 1.165) is 18.7 Å². The van der Waals surface area contributed by atoms with Gasteiger partial charge in [0.1, 0.15) is 5.82 Å². The molecule has 0 spiro atoms. The van der Waals surface area contributed by atoms with Crippen LogP contribution in [0.2, 0.25) is 0 Å². The average molecular weight is 194 g/mol. The summed E-state index contributed by atoms with van der Waals surface area (Å²) in [6.07, 6.45) is 5.79. The van der Waals surface area contributed by atoms with Gasteiger partial charge in [-0.15, -0.1) is 0 Å². The Morgan fingerprint density at radius 3 is 3.07 bits per heavy atom. The first-order chi connectivity index (χ1) is 6.75. The summed E-state index contributed by atoms with van der Waals surface area (Å²) >= 11 is 0. The molecule has 2 rings (SSSR count). The summed E-state index contributed by atoms with van der Waals surface area (Å²) in [4.78, 5) is 15.3. The zero-order valence-corrected chi connectivity index (χ0v) is 8.16. The number of aryl methyl sites for hydroxylation is 1. The smallest absolute Gasteiger partial charge is 0.315 e. The van der Waals surface area contributed by atoms with Crippen molar-refractivity contribution in [3.05, 3.63) is 18.2 Å². The molecular formula is C9H14N4O. The SMILES string of the molecule is Cn1ccnc1CNC(=O)NC1CC1. The van der Waals surface area contributed by atoms with E-state index in [2.05, 4.69) is 15.6 Å². The molecule has 0 atom stereocenters. The van der Waals surface area contributed by atoms with Gasteiger partial charge in [-0.1, -0.05) is 0 Å². The summed E-state index contributed by atoms with van der Waals surface area (Å²) in [5.74, 6) is 0.857. The molecule has 1 heterocycles. The van der Waals surface area contributed by atoms with Crippen molar-refractivity contribution >= 4 is 6.03 Å². The molecule has 1 aliphatic carbocycles. The van der Waals surface area contributed by atoms with Gasteiger partial charge in [0.05, 0.1) is 6.54 Å². The number of carbonyl (C=O) groups excluding carboxylic acids is 1. The van der Waals surface area contributed by atoms with Crippen LogP contribution in [-0.2, 0) is 13.6 Å². The van der Waals surface area contributed by atoms with E-state index in [4.69, 9.17) is 0 Å². The topological polar surface area (TPSA) is 59.0 Å². The minimum Gasteiger partial charge on any atom is -0.337 e. The van der Waals surface area contributed by atoms with Gasteiger partial charge < -0.3 is 15.2 Å². The third-order valence-corrected chi connectivity index (χ3v) is 2.24. The van der Waals surface area contributed by atoms with Gasteiger partial charge in [0, 0.05) is 25.5 Å². The third kappa shape index (κ3) is 2.25. The molecule has 0 radical (unpaired) electrons. The first-order valence-electron chi connectivity index (χ1n) is 4.76. The van der Waals surface area contributed by atoms with Crippen LogP contribution in [0.4, 0.5) is 4.79 Å². The zero-order valence-electron chi connectivity index (χ0n) is 8.16. The number of carbonyl (C=O) groups is 1. The van der Waals surface area contributed by atoms with Gasteiger partial charge in [-0.25, -0.2) is 9.78 Å². The van der Waals surface area contributed by atoms with Gasteiger partial charge >= 0.3 is 6.03 Å². The largest absolute Gasteiger partial charge is 0.337 e. The van der Waals surface area contributed by atoms with Crippen LogP contribution in [0.3, 0.4) is 0 Å². The molecule has 1 aromatic rings. The summed E-state index contributed by atoms with van der Waals surface area (Å²) in [6, 6.07) is 0.298. The highest BCUT2D eigenvalue weighted by Crippen LogP contribution is 2.18. The van der Waals surface area contributed by atoms with Gasteiger partial charge in [0.25, 0.3) is 0 Å². The van der Waals surface area contributed by atoms with Crippen LogP contribution < -0.4 is 10.6 Å². The molecule has 76 valence electrons. The van der Waals surface area contributed by atoms with Gasteiger partial charge in [-0.2, -0.15) is 0 Å². The van der Waals surface area contributed by atoms with E-state index >= 15 is 0 Å². The highest BCUT2D eigenvalue weighted by Gasteiger charge is 2.22. The number of hydrogen-bond acceptors (Lipinski definition) is 2. The Hall–Kier alpha value is -1.52. The second kappa shape index (κ2) is 3.69. The molecule has 1 aliphatic rings. The van der Waals surface area contributed by atoms with Gasteiger partial charge in [-0.05, 0) is 12.8 Å². The molecule has 2 N–H and O–H groups in total. The number of nitrogens with zero attached hydrogens (tertiary/aromatic N) is 2. The Labute approximate surface area is 82.5 Å². The van der Waals surface area contributed by atoms with Gasteiger partial charge in [-0.3, -0.25) is 0 Å². The predicted molar refractivity (Wildman–Crippen MR) is 51.6 cm³/mol. The fourth-order valence-electron chi connectivity index (χ4n) is 1.19. The second-order valence-corrected chi connectivity index (χ2v) is 3.56. The molecule has 1 saturated carbocycles. The third-order valence-electron chi connectivity index (χ3n) is 2.24. The number of urea groups is 1. The number of nitrogens with one attached hydrogen (secondary N) is 2. The molecule has 0 aromatic carbocycles. The average Bonchev–Trinajstić information content (AvgIpc) is 2.86. The summed E-state index contributed by atoms with van der Waals surface area (Å²) in [6.45, 7) is 0.474. The molecule has 0 bridgehead atoms. The number of aromatic nitrogens is 2. The molecule has 2 amide bonds. The lowest BCUT2D eigenvalue weighted by Crippen LogP contribution is -2.36. The standard InChI is InChI=1S/C9H14N4O/c1-13-5-4-10-8(13)6-11-9(14)12-7-2-3-7/h4-5,7H,2-3,6H2,1H3,(H2,11,12,14). The van der Waals surface area contributed by atoms with E-state index in [0.29, 0.717) is 12.6 Å². The van der Waals surface area contributed by atoms with Crippen molar-refractivity contribution in [1.82, 2.24) is 20.2 Å². The van der Waals surface area contributed by atoms with Crippen molar-refractivity contribution in [3.63, 3.8) is 0 Å². The number of amides is 2. The van der Waals surface area contributed by atoms with E-state index in [1.165, 1.54) is 0 Å². The highest BCUT2D eigenvalue weighted by atomic mass is 16.2. The first kappa shape index (κ1) is 9.05. The molecule has 0 unspecified atom stereocenters. The summed E-state index contributed by atoms with van der Waals surface area (Å²) in [5.41, 5.74) is 0. The molecular weight excluding hydrogens is 180 g/mol. The van der Waals surface area contributed by atoms with Gasteiger partial charge in [0.15, 0.2) is 0 Å². The minimum atomic E-state index is -0.101. The lowest BCUT2D eigenvalue weighted by Gasteiger charge is -2.05. The van der Waals surface area contributed by atoms with E-state index < -0.39 is 0 Å². The Balaban J connectivity index is 1.76. The maximum absolute atomic E-state index is 11.2. The lowest BCUT2D eigenvalue weighted by molar-refractivity contribution is 0.239. The highest BCUT2D eigenvalue weighted by molar-refractivity contribution is 5.74. The van der Waals surface area contributed by atoms with Gasteiger partial charge in [0.2, 0.25) is 0 Å². The summed E-state index contributed by atoms with van der Waals surface area (Å²) in [5, 5.41) is 5.61. The Kier molecular flexibility index (Phi) is 2.39. The monoisotopic (exact) mass is 194 g/mol. The fraction of sp³-hybridized carbons (Fsp3) is 0.556. The molecule has 0 saturated heterocycles. The van der Waals surface area contributed by atoms with Crippen molar-refractivity contribution in [2.45, 2.75) is 25.4 Å². The van der Waals surface area contributed by atoms with E-state index in [9.17, 15) is 4.79 Å². The van der Waals surface area contributed by atoms with Crippen LogP contribution in [-0.4, -0.2) is 21.6 Å². The molecule has 1 fully saturated rings. The maximum Gasteiger partial charge on any atom is 0.315 e. The quantitative estimate of drug-likeness (QED) is 0.731. The van der Waals surface area contributed by atoms with Crippen LogP contribution in [0.1, 0.15) is 18.7 Å². The van der Waals surface area contributed by atoms with Crippen molar-refractivity contribution < 1.29 is 4.79 Å². The number of rotatable bonds is 3. The number of imidazole rings is 1. The van der Waals surface area contributed by atoms with E-state index in [-0.39, 0.29) is 6.03 Å². The Morgan fingerprint density at radius 2 is 2.50 bits per heavy atom. The van der Waals surface area contributed by atoms with Crippen LogP contribution >= 0.6 is 0 Å². The van der Waals surface area contributed by atoms with Crippen molar-refractivity contribution in [2.75, 3.05) is 0 Å². The van der Waals surface area contributed by atoms with Crippen molar-refractivity contribution in [3.8, 4) is 0 Å². The van der Waals surface area contributed by atoms with Crippen LogP contribution in [0.25, 0.3) is 0 Å². The normalized spacial score (nSPS) is 15.2. The van der Waals surface area contributed by atoms with Crippen LogP contribution in [0.15, 0.2) is 12.4 Å². The molecule has 5 nitrogen and oxygen atoms in total. The molecule has 14 heavy (non-hydrogen) atoms. The molecule has 5 heteroatoms. The summed E-state index contributed by atoms with van der Waals surface area (Å²) in [7, 11) is 1.91. The maximum atomic E-state index is 11.2. The lowest BCUT2D eigenvalue weighted by atomic mass is 10.6. The predicted octanol–water partition coefficient (Wildman–Crippen LogP) is 0.382. The Morgan fingerprint density at radius 1 is 1.71 bits per heavy atom. The van der Waals surface area contributed by atoms with Crippen molar-refractivity contribution in [1.29, 1.82) is 0 Å². The van der Waals surface area contributed by atoms with E-state index in [1.54, 1.807) is 6.20 Å². The first-order valence-corrected chi connectivity index (χ1v) is 4.76. The second-order valence-electron chi connectivity index (χ2n) is 3.56. The van der Waals surface area contributed by atoms with Crippen molar-refractivity contribution in [2.24, 2.45) is 7.05 Å². The minimum absolute atomic E-state index is 0.101. The molecule has 1 aromatic heterocycles. The van der Waals surface area contributed by atoms with E-state index in [1.807, 2.05) is 17.8 Å². The fourth-order valence-corrected chi connectivity index (χ4v) is 1.19. The zero-order chi connectivity index (χ0) is 9.97. The summed E-state index contributed by atoms with van der Waals surface area (Å²) < 4.78 is 1.89. The van der Waals surface area contributed by atoms with Crippen LogP contribution in [0.5, 0.6) is 0 Å².